The number of hydrogen-bond donors (Lipinski definition) is 0. The van der Waals surface area contributed by atoms with Crippen molar-refractivity contribution in [3.63, 3.8) is 0 Å². The molecular weight excluding hydrogens is 322 g/mol. The fourth-order valence-corrected chi connectivity index (χ4v) is 2.70. The van der Waals surface area contributed by atoms with Gasteiger partial charge in [0.05, 0.1) is 11.0 Å². The lowest BCUT2D eigenvalue weighted by atomic mass is 10.2. The molecule has 1 aliphatic rings. The Bertz CT molecular complexity index is 723. The molecule has 0 saturated carbocycles. The highest BCUT2D eigenvalue weighted by Gasteiger charge is 2.16. The van der Waals surface area contributed by atoms with Crippen LogP contribution in [0, 0.1) is 17.0 Å². The summed E-state index contributed by atoms with van der Waals surface area (Å²) >= 11 is 0. The van der Waals surface area contributed by atoms with E-state index in [0.29, 0.717) is 6.61 Å². The van der Waals surface area contributed by atoms with E-state index < -0.39 is 4.92 Å². The SMILES string of the molecule is Cc1ccc([N+](=O)[O-])c(OCc2ccc(OCC3CCCO3)cc2)c1. The summed E-state index contributed by atoms with van der Waals surface area (Å²) in [4.78, 5) is 10.6. The lowest BCUT2D eigenvalue weighted by Crippen LogP contribution is -2.16. The van der Waals surface area contributed by atoms with Crippen LogP contribution in [0.1, 0.15) is 24.0 Å². The quantitative estimate of drug-likeness (QED) is 0.560. The summed E-state index contributed by atoms with van der Waals surface area (Å²) < 4.78 is 16.9. The van der Waals surface area contributed by atoms with Crippen LogP contribution in [0.2, 0.25) is 0 Å². The second-order valence-corrected chi connectivity index (χ2v) is 6.11. The summed E-state index contributed by atoms with van der Waals surface area (Å²) in [7, 11) is 0. The summed E-state index contributed by atoms with van der Waals surface area (Å²) in [6.07, 6.45) is 2.32. The van der Waals surface area contributed by atoms with Gasteiger partial charge in [-0.15, -0.1) is 0 Å². The van der Waals surface area contributed by atoms with Crippen molar-refractivity contribution in [2.45, 2.75) is 32.5 Å². The van der Waals surface area contributed by atoms with E-state index >= 15 is 0 Å². The fraction of sp³-hybridized carbons (Fsp3) is 0.368. The molecule has 3 rings (SSSR count). The zero-order valence-corrected chi connectivity index (χ0v) is 14.1. The molecule has 1 atom stereocenters. The number of ether oxygens (including phenoxy) is 3. The minimum Gasteiger partial charge on any atom is -0.491 e. The minimum atomic E-state index is -0.434. The molecule has 1 unspecified atom stereocenters. The fourth-order valence-electron chi connectivity index (χ4n) is 2.70. The number of nitrogens with zero attached hydrogens (tertiary/aromatic N) is 1. The van der Waals surface area contributed by atoms with Gasteiger partial charge in [0, 0.05) is 12.7 Å². The van der Waals surface area contributed by atoms with Crippen molar-refractivity contribution in [3.05, 3.63) is 63.7 Å². The molecule has 0 spiro atoms. The number of nitro benzene ring substituents is 1. The van der Waals surface area contributed by atoms with Crippen molar-refractivity contribution in [2.24, 2.45) is 0 Å². The van der Waals surface area contributed by atoms with E-state index in [9.17, 15) is 10.1 Å². The first-order valence-corrected chi connectivity index (χ1v) is 8.33. The molecule has 1 saturated heterocycles. The van der Waals surface area contributed by atoms with Crippen molar-refractivity contribution in [3.8, 4) is 11.5 Å². The van der Waals surface area contributed by atoms with Crippen LogP contribution in [0.5, 0.6) is 11.5 Å². The standard InChI is InChI=1S/C19H21NO5/c1-14-4-9-18(20(21)22)19(11-14)25-12-15-5-7-16(8-6-15)24-13-17-3-2-10-23-17/h4-9,11,17H,2-3,10,12-13H2,1H3. The molecular formula is C19H21NO5. The summed E-state index contributed by atoms with van der Waals surface area (Å²) in [6.45, 7) is 3.51. The Kier molecular flexibility index (Phi) is 5.50. The van der Waals surface area contributed by atoms with E-state index in [4.69, 9.17) is 14.2 Å². The van der Waals surface area contributed by atoms with E-state index in [-0.39, 0.29) is 24.1 Å². The second-order valence-electron chi connectivity index (χ2n) is 6.11. The molecule has 2 aromatic carbocycles. The van der Waals surface area contributed by atoms with E-state index in [1.165, 1.54) is 6.07 Å². The van der Waals surface area contributed by atoms with Gasteiger partial charge in [-0.05, 0) is 49.1 Å². The van der Waals surface area contributed by atoms with Crippen LogP contribution in [-0.4, -0.2) is 24.2 Å². The monoisotopic (exact) mass is 343 g/mol. The molecule has 0 amide bonds. The van der Waals surface area contributed by atoms with Crippen LogP contribution in [0.15, 0.2) is 42.5 Å². The molecule has 1 aliphatic heterocycles. The Morgan fingerprint density at radius 1 is 1.20 bits per heavy atom. The van der Waals surface area contributed by atoms with Gasteiger partial charge in [0.25, 0.3) is 0 Å². The molecule has 0 bridgehead atoms. The molecule has 132 valence electrons. The maximum Gasteiger partial charge on any atom is 0.310 e. The van der Waals surface area contributed by atoms with Gasteiger partial charge in [-0.1, -0.05) is 18.2 Å². The third kappa shape index (κ3) is 4.70. The van der Waals surface area contributed by atoms with Gasteiger partial charge in [-0.2, -0.15) is 0 Å². The van der Waals surface area contributed by atoms with E-state index in [0.717, 1.165) is 36.3 Å². The predicted octanol–water partition coefficient (Wildman–Crippen LogP) is 4.04. The van der Waals surface area contributed by atoms with E-state index in [1.54, 1.807) is 12.1 Å². The lowest BCUT2D eigenvalue weighted by molar-refractivity contribution is -0.386. The van der Waals surface area contributed by atoms with Gasteiger partial charge < -0.3 is 14.2 Å². The predicted molar refractivity (Wildman–Crippen MR) is 93.1 cm³/mol. The van der Waals surface area contributed by atoms with Crippen molar-refractivity contribution in [2.75, 3.05) is 13.2 Å². The topological polar surface area (TPSA) is 70.8 Å². The Labute approximate surface area is 146 Å². The van der Waals surface area contributed by atoms with Gasteiger partial charge in [-0.3, -0.25) is 10.1 Å². The molecule has 6 nitrogen and oxygen atoms in total. The van der Waals surface area contributed by atoms with Gasteiger partial charge >= 0.3 is 5.69 Å². The Morgan fingerprint density at radius 3 is 2.68 bits per heavy atom. The Hall–Kier alpha value is -2.60. The first-order valence-electron chi connectivity index (χ1n) is 8.33. The van der Waals surface area contributed by atoms with Gasteiger partial charge in [0.15, 0.2) is 5.75 Å². The van der Waals surface area contributed by atoms with Crippen LogP contribution < -0.4 is 9.47 Å². The van der Waals surface area contributed by atoms with Crippen LogP contribution in [0.4, 0.5) is 5.69 Å². The third-order valence-corrected chi connectivity index (χ3v) is 4.09. The van der Waals surface area contributed by atoms with Gasteiger partial charge in [0.2, 0.25) is 0 Å². The average Bonchev–Trinajstić information content (AvgIpc) is 3.12. The summed E-state index contributed by atoms with van der Waals surface area (Å²) in [5, 5.41) is 11.1. The highest BCUT2D eigenvalue weighted by atomic mass is 16.6. The Morgan fingerprint density at radius 2 is 2.00 bits per heavy atom. The van der Waals surface area contributed by atoms with Crippen LogP contribution in [0.3, 0.4) is 0 Å². The highest BCUT2D eigenvalue weighted by Crippen LogP contribution is 2.28. The molecule has 0 radical (unpaired) electrons. The van der Waals surface area contributed by atoms with Crippen LogP contribution >= 0.6 is 0 Å². The summed E-state index contributed by atoms with van der Waals surface area (Å²) in [5.74, 6) is 1.06. The van der Waals surface area contributed by atoms with Crippen molar-refractivity contribution >= 4 is 5.69 Å². The number of benzene rings is 2. The van der Waals surface area contributed by atoms with E-state index in [2.05, 4.69) is 0 Å². The van der Waals surface area contributed by atoms with Gasteiger partial charge in [0.1, 0.15) is 19.0 Å². The number of rotatable bonds is 7. The molecule has 25 heavy (non-hydrogen) atoms. The third-order valence-electron chi connectivity index (χ3n) is 4.09. The average molecular weight is 343 g/mol. The summed E-state index contributed by atoms with van der Waals surface area (Å²) in [5.41, 5.74) is 1.81. The molecule has 1 fully saturated rings. The largest absolute Gasteiger partial charge is 0.491 e. The number of hydrogen-bond acceptors (Lipinski definition) is 5. The number of nitro groups is 1. The summed E-state index contributed by atoms with van der Waals surface area (Å²) in [6, 6.07) is 12.4. The van der Waals surface area contributed by atoms with Crippen LogP contribution in [0.25, 0.3) is 0 Å². The Balaban J connectivity index is 1.56. The van der Waals surface area contributed by atoms with Crippen molar-refractivity contribution < 1.29 is 19.1 Å². The smallest absolute Gasteiger partial charge is 0.310 e. The molecule has 6 heteroatoms. The van der Waals surface area contributed by atoms with Gasteiger partial charge in [-0.25, -0.2) is 0 Å². The molecule has 0 aromatic heterocycles. The molecule has 0 aliphatic carbocycles. The molecule has 1 heterocycles. The minimum absolute atomic E-state index is 0.0258. The highest BCUT2D eigenvalue weighted by molar-refractivity contribution is 5.48. The number of aryl methyl sites for hydroxylation is 1. The van der Waals surface area contributed by atoms with Crippen LogP contribution in [-0.2, 0) is 11.3 Å². The first-order chi connectivity index (χ1) is 12.1. The zero-order chi connectivity index (χ0) is 17.6. The van der Waals surface area contributed by atoms with Crippen molar-refractivity contribution in [1.29, 1.82) is 0 Å². The maximum absolute atomic E-state index is 11.1. The normalized spacial score (nSPS) is 16.6. The zero-order valence-electron chi connectivity index (χ0n) is 14.1. The molecule has 2 aromatic rings. The second kappa shape index (κ2) is 7.98. The maximum atomic E-state index is 11.1. The molecule has 0 N–H and O–H groups in total. The van der Waals surface area contributed by atoms with E-state index in [1.807, 2.05) is 31.2 Å². The lowest BCUT2D eigenvalue weighted by Gasteiger charge is -2.12. The first kappa shape index (κ1) is 17.2. The van der Waals surface area contributed by atoms with Crippen molar-refractivity contribution in [1.82, 2.24) is 0 Å².